The lowest BCUT2D eigenvalue weighted by atomic mass is 10.1. The molecule has 1 aromatic carbocycles. The molecule has 0 aromatic heterocycles. The molecule has 15 heavy (non-hydrogen) atoms. The van der Waals surface area contributed by atoms with E-state index in [-0.39, 0.29) is 0 Å². The fourth-order valence-electron chi connectivity index (χ4n) is 1.84. The van der Waals surface area contributed by atoms with Crippen LogP contribution >= 0.6 is 22.6 Å². The second-order valence-electron chi connectivity index (χ2n) is 4.08. The van der Waals surface area contributed by atoms with Crippen LogP contribution in [0.3, 0.4) is 0 Å². The molecule has 0 saturated carbocycles. The molecule has 1 saturated heterocycles. The summed E-state index contributed by atoms with van der Waals surface area (Å²) in [6, 6.07) is 6.32. The van der Waals surface area contributed by atoms with Crippen LogP contribution in [-0.4, -0.2) is 19.7 Å². The van der Waals surface area contributed by atoms with Crippen LogP contribution in [0.4, 0.5) is 0 Å². The molecule has 2 rings (SSSR count). The van der Waals surface area contributed by atoms with Gasteiger partial charge in [0.2, 0.25) is 0 Å². The molecule has 0 unspecified atom stereocenters. The number of halogens is 1. The first-order valence-electron chi connectivity index (χ1n) is 5.35. The van der Waals surface area contributed by atoms with Crippen molar-refractivity contribution in [3.63, 3.8) is 0 Å². The Morgan fingerprint density at radius 2 is 2.40 bits per heavy atom. The van der Waals surface area contributed by atoms with Gasteiger partial charge in [-0.3, -0.25) is 0 Å². The highest BCUT2D eigenvalue weighted by Gasteiger charge is 2.15. The van der Waals surface area contributed by atoms with E-state index in [0.717, 1.165) is 25.4 Å². The highest BCUT2D eigenvalue weighted by molar-refractivity contribution is 14.1. The number of rotatable bonds is 3. The van der Waals surface area contributed by atoms with E-state index >= 15 is 0 Å². The maximum absolute atomic E-state index is 5.83. The van der Waals surface area contributed by atoms with Crippen molar-refractivity contribution in [2.24, 2.45) is 5.92 Å². The van der Waals surface area contributed by atoms with Gasteiger partial charge in [0.1, 0.15) is 5.75 Å². The van der Waals surface area contributed by atoms with E-state index in [9.17, 15) is 0 Å². The minimum absolute atomic E-state index is 0.684. The van der Waals surface area contributed by atoms with Crippen molar-refractivity contribution in [2.45, 2.75) is 13.3 Å². The SMILES string of the molecule is Cc1cc(I)ccc1OC[C@@H]1CCNC1. The van der Waals surface area contributed by atoms with Gasteiger partial charge in [-0.1, -0.05) is 0 Å². The van der Waals surface area contributed by atoms with Gasteiger partial charge < -0.3 is 10.1 Å². The first kappa shape index (κ1) is 11.2. The Balaban J connectivity index is 1.92. The number of benzene rings is 1. The zero-order valence-electron chi connectivity index (χ0n) is 8.92. The first-order valence-corrected chi connectivity index (χ1v) is 6.43. The Hall–Kier alpha value is -0.290. The number of hydrogen-bond donors (Lipinski definition) is 1. The second-order valence-corrected chi connectivity index (χ2v) is 5.33. The molecular weight excluding hydrogens is 301 g/mol. The molecular formula is C12H16INO. The quantitative estimate of drug-likeness (QED) is 0.865. The molecule has 1 N–H and O–H groups in total. The highest BCUT2D eigenvalue weighted by Crippen LogP contribution is 2.21. The molecule has 3 heteroatoms. The van der Waals surface area contributed by atoms with Gasteiger partial charge in [-0.05, 0) is 66.2 Å². The van der Waals surface area contributed by atoms with Crippen molar-refractivity contribution < 1.29 is 4.74 Å². The van der Waals surface area contributed by atoms with Crippen LogP contribution in [0.15, 0.2) is 18.2 Å². The van der Waals surface area contributed by atoms with Crippen molar-refractivity contribution in [3.8, 4) is 5.75 Å². The van der Waals surface area contributed by atoms with Gasteiger partial charge >= 0.3 is 0 Å². The maximum atomic E-state index is 5.83. The summed E-state index contributed by atoms with van der Waals surface area (Å²) in [5, 5.41) is 3.35. The third-order valence-corrected chi connectivity index (χ3v) is 3.44. The van der Waals surface area contributed by atoms with Crippen molar-refractivity contribution >= 4 is 22.6 Å². The van der Waals surface area contributed by atoms with Gasteiger partial charge in [-0.15, -0.1) is 0 Å². The first-order chi connectivity index (χ1) is 7.25. The van der Waals surface area contributed by atoms with Crippen LogP contribution in [-0.2, 0) is 0 Å². The fraction of sp³-hybridized carbons (Fsp3) is 0.500. The van der Waals surface area contributed by atoms with E-state index in [1.165, 1.54) is 15.6 Å². The lowest BCUT2D eigenvalue weighted by Crippen LogP contribution is -2.15. The normalized spacial score (nSPS) is 20.5. The summed E-state index contributed by atoms with van der Waals surface area (Å²) in [6.07, 6.45) is 1.24. The average molecular weight is 317 g/mol. The van der Waals surface area contributed by atoms with Crippen LogP contribution in [0.5, 0.6) is 5.75 Å². The predicted molar refractivity (Wildman–Crippen MR) is 70.4 cm³/mol. The summed E-state index contributed by atoms with van der Waals surface area (Å²) in [6.45, 7) is 5.18. The molecule has 1 fully saturated rings. The summed E-state index contributed by atoms with van der Waals surface area (Å²) < 4.78 is 7.10. The molecule has 82 valence electrons. The van der Waals surface area contributed by atoms with Crippen molar-refractivity contribution in [3.05, 3.63) is 27.3 Å². The molecule has 0 bridgehead atoms. The molecule has 1 aliphatic heterocycles. The summed E-state index contributed by atoms with van der Waals surface area (Å²) >= 11 is 2.32. The minimum atomic E-state index is 0.684. The van der Waals surface area contributed by atoms with E-state index in [2.05, 4.69) is 53.0 Å². The summed E-state index contributed by atoms with van der Waals surface area (Å²) in [7, 11) is 0. The summed E-state index contributed by atoms with van der Waals surface area (Å²) in [5.41, 5.74) is 1.23. The lowest BCUT2D eigenvalue weighted by Gasteiger charge is -2.12. The topological polar surface area (TPSA) is 21.3 Å². The Bertz CT molecular complexity index is 334. The third kappa shape index (κ3) is 3.08. The Labute approximate surface area is 105 Å². The van der Waals surface area contributed by atoms with Gasteiger partial charge in [0.25, 0.3) is 0 Å². The Kier molecular flexibility index (Phi) is 3.86. The number of nitrogens with one attached hydrogen (secondary N) is 1. The van der Waals surface area contributed by atoms with Gasteiger partial charge in [-0.2, -0.15) is 0 Å². The maximum Gasteiger partial charge on any atom is 0.122 e. The summed E-state index contributed by atoms with van der Waals surface area (Å²) in [5.74, 6) is 1.71. The van der Waals surface area contributed by atoms with E-state index in [0.29, 0.717) is 5.92 Å². The van der Waals surface area contributed by atoms with Crippen LogP contribution in [0.2, 0.25) is 0 Å². The molecule has 1 aliphatic rings. The smallest absolute Gasteiger partial charge is 0.122 e. The molecule has 1 atom stereocenters. The predicted octanol–water partition coefficient (Wildman–Crippen LogP) is 2.59. The van der Waals surface area contributed by atoms with E-state index in [1.807, 2.05) is 0 Å². The second kappa shape index (κ2) is 5.16. The highest BCUT2D eigenvalue weighted by atomic mass is 127. The molecule has 0 spiro atoms. The Morgan fingerprint density at radius 1 is 1.53 bits per heavy atom. The zero-order chi connectivity index (χ0) is 10.7. The van der Waals surface area contributed by atoms with Crippen LogP contribution in [0.1, 0.15) is 12.0 Å². The largest absolute Gasteiger partial charge is 0.493 e. The van der Waals surface area contributed by atoms with Crippen LogP contribution in [0.25, 0.3) is 0 Å². The molecule has 0 amide bonds. The lowest BCUT2D eigenvalue weighted by molar-refractivity contribution is 0.258. The van der Waals surface area contributed by atoms with Gasteiger partial charge in [-0.25, -0.2) is 0 Å². The number of aryl methyl sites for hydroxylation is 1. The Morgan fingerprint density at radius 3 is 3.07 bits per heavy atom. The molecule has 1 heterocycles. The minimum Gasteiger partial charge on any atom is -0.493 e. The van der Waals surface area contributed by atoms with Crippen molar-refractivity contribution in [2.75, 3.05) is 19.7 Å². The third-order valence-electron chi connectivity index (χ3n) is 2.77. The average Bonchev–Trinajstić information content (AvgIpc) is 2.69. The van der Waals surface area contributed by atoms with Gasteiger partial charge in [0.15, 0.2) is 0 Å². The molecule has 0 radical (unpaired) electrons. The molecule has 0 aliphatic carbocycles. The summed E-state index contributed by atoms with van der Waals surface area (Å²) in [4.78, 5) is 0. The number of hydrogen-bond acceptors (Lipinski definition) is 2. The van der Waals surface area contributed by atoms with Gasteiger partial charge in [0, 0.05) is 16.0 Å². The molecule has 2 nitrogen and oxygen atoms in total. The van der Waals surface area contributed by atoms with Crippen LogP contribution < -0.4 is 10.1 Å². The zero-order valence-corrected chi connectivity index (χ0v) is 11.1. The van der Waals surface area contributed by atoms with E-state index in [4.69, 9.17) is 4.74 Å². The van der Waals surface area contributed by atoms with E-state index in [1.54, 1.807) is 0 Å². The molecule has 1 aromatic rings. The fourth-order valence-corrected chi connectivity index (χ4v) is 2.49. The van der Waals surface area contributed by atoms with Crippen LogP contribution in [0, 0.1) is 16.4 Å². The van der Waals surface area contributed by atoms with Gasteiger partial charge in [0.05, 0.1) is 6.61 Å². The number of ether oxygens (including phenoxy) is 1. The monoisotopic (exact) mass is 317 g/mol. The van der Waals surface area contributed by atoms with Crippen molar-refractivity contribution in [1.29, 1.82) is 0 Å². The van der Waals surface area contributed by atoms with Crippen molar-refractivity contribution in [1.82, 2.24) is 5.32 Å². The van der Waals surface area contributed by atoms with E-state index < -0.39 is 0 Å². The standard InChI is InChI=1S/C12H16INO/c1-9-6-11(13)2-3-12(9)15-8-10-4-5-14-7-10/h2-3,6,10,14H,4-5,7-8H2,1H3/t10-/m1/s1.